The molecule has 9 heavy (non-hydrogen) atoms. The summed E-state index contributed by atoms with van der Waals surface area (Å²) in [5.41, 5.74) is 0. The van der Waals surface area contributed by atoms with E-state index in [9.17, 15) is 0 Å². The Balaban J connectivity index is 0.000000640. The Kier molecular flexibility index (Phi) is 6.08. The molecule has 0 saturated heterocycles. The average Bonchev–Trinajstić information content (AvgIpc) is 1.62. The summed E-state index contributed by atoms with van der Waals surface area (Å²) in [4.78, 5) is 0. The zero-order valence-corrected chi connectivity index (χ0v) is 6.36. The second-order valence-corrected chi connectivity index (χ2v) is 2.00. The fourth-order valence-electron chi connectivity index (χ4n) is 0.786. The third kappa shape index (κ3) is 4.48. The van der Waals surface area contributed by atoms with Crippen LogP contribution in [0.15, 0.2) is 18.2 Å². The molecule has 0 bridgehead atoms. The Hall–Kier alpha value is -0.0265. The van der Waals surface area contributed by atoms with Gasteiger partial charge in [-0.05, 0) is 6.42 Å². The van der Waals surface area contributed by atoms with E-state index in [0.29, 0.717) is 0 Å². The van der Waals surface area contributed by atoms with Gasteiger partial charge in [0.15, 0.2) is 0 Å². The molecule has 0 radical (unpaired) electrons. The molecule has 0 fully saturated rings. The molecule has 0 saturated carbocycles. The molecule has 0 amide bonds. The van der Waals surface area contributed by atoms with Gasteiger partial charge in [0.25, 0.3) is 0 Å². The van der Waals surface area contributed by atoms with E-state index in [-0.39, 0.29) is 16.5 Å². The van der Waals surface area contributed by atoms with Gasteiger partial charge in [-0.2, -0.15) is 6.42 Å². The van der Waals surface area contributed by atoms with Crippen LogP contribution in [0, 0.1) is 6.08 Å². The third-order valence-corrected chi connectivity index (χ3v) is 1.24. The van der Waals surface area contributed by atoms with Crippen LogP contribution in [0.2, 0.25) is 0 Å². The van der Waals surface area contributed by atoms with Gasteiger partial charge in [0.2, 0.25) is 0 Å². The quantitative estimate of drug-likeness (QED) is 0.294. The van der Waals surface area contributed by atoms with Crippen LogP contribution < -0.4 is 0 Å². The summed E-state index contributed by atoms with van der Waals surface area (Å²) in [5.74, 6) is 0. The molecule has 0 unspecified atom stereocenters. The summed E-state index contributed by atoms with van der Waals surface area (Å²) in [5, 5.41) is 0. The first-order chi connectivity index (χ1) is 4.00. The SMILES string of the molecule is [C-]1=CCCC=CCC1.[Ni]. The smallest absolute Gasteiger partial charge is 0 e. The van der Waals surface area contributed by atoms with Crippen LogP contribution in [0.3, 0.4) is 0 Å². The Morgan fingerprint density at radius 3 is 2.67 bits per heavy atom. The summed E-state index contributed by atoms with van der Waals surface area (Å²) in [7, 11) is 0. The first-order valence-corrected chi connectivity index (χ1v) is 3.20. The van der Waals surface area contributed by atoms with Gasteiger partial charge >= 0.3 is 0 Å². The second kappa shape index (κ2) is 6.10. The maximum absolute atomic E-state index is 3.21. The molecule has 0 aromatic rings. The molecule has 0 aliphatic heterocycles. The van der Waals surface area contributed by atoms with E-state index < -0.39 is 0 Å². The predicted molar refractivity (Wildman–Crippen MR) is 35.4 cm³/mol. The van der Waals surface area contributed by atoms with Crippen molar-refractivity contribution in [2.45, 2.75) is 25.7 Å². The molecule has 0 nitrogen and oxygen atoms in total. The van der Waals surface area contributed by atoms with Gasteiger partial charge < -0.3 is 6.08 Å². The molecule has 1 aliphatic rings. The minimum Gasteiger partial charge on any atom is -0.500 e. The summed E-state index contributed by atoms with van der Waals surface area (Å²) >= 11 is 0. The maximum atomic E-state index is 3.21. The van der Waals surface area contributed by atoms with Crippen molar-refractivity contribution < 1.29 is 16.5 Å². The monoisotopic (exact) mass is 165 g/mol. The van der Waals surface area contributed by atoms with E-state index in [1.807, 2.05) is 0 Å². The Morgan fingerprint density at radius 1 is 1.00 bits per heavy atom. The number of rotatable bonds is 0. The molecule has 0 aromatic heterocycles. The van der Waals surface area contributed by atoms with Crippen molar-refractivity contribution in [3.05, 3.63) is 24.3 Å². The van der Waals surface area contributed by atoms with Crippen molar-refractivity contribution in [2.75, 3.05) is 0 Å². The largest absolute Gasteiger partial charge is 0.500 e. The fourth-order valence-corrected chi connectivity index (χ4v) is 0.786. The predicted octanol–water partition coefficient (Wildman–Crippen LogP) is 2.47. The standard InChI is InChI=1S/C8H11.Ni/c1-2-4-6-8-7-5-3-1;/h1-2,7H,3-6H2;/q-1;. The van der Waals surface area contributed by atoms with Crippen molar-refractivity contribution in [1.82, 2.24) is 0 Å². The first kappa shape index (κ1) is 8.97. The van der Waals surface area contributed by atoms with Crippen molar-refractivity contribution in [3.63, 3.8) is 0 Å². The molecule has 1 rings (SSSR count). The fraction of sp³-hybridized carbons (Fsp3) is 0.500. The molecule has 0 atom stereocenters. The van der Waals surface area contributed by atoms with Crippen LogP contribution in [0.5, 0.6) is 0 Å². The van der Waals surface area contributed by atoms with Crippen LogP contribution in [-0.4, -0.2) is 0 Å². The molecule has 0 heterocycles. The molecular formula is C8H11Ni-. The Bertz CT molecular complexity index is 77.1. The maximum Gasteiger partial charge on any atom is 0 e. The second-order valence-electron chi connectivity index (χ2n) is 2.00. The zero-order valence-electron chi connectivity index (χ0n) is 5.38. The van der Waals surface area contributed by atoms with Crippen molar-refractivity contribution >= 4 is 0 Å². The van der Waals surface area contributed by atoms with E-state index >= 15 is 0 Å². The normalized spacial score (nSPS) is 17.8. The minimum atomic E-state index is 0. The van der Waals surface area contributed by atoms with Gasteiger partial charge in [0, 0.05) is 16.5 Å². The molecule has 0 aromatic carbocycles. The van der Waals surface area contributed by atoms with Crippen molar-refractivity contribution in [2.24, 2.45) is 0 Å². The molecule has 1 aliphatic carbocycles. The Labute approximate surface area is 67.0 Å². The van der Waals surface area contributed by atoms with Crippen LogP contribution in [-0.2, 0) is 16.5 Å². The molecule has 0 N–H and O–H groups in total. The van der Waals surface area contributed by atoms with Crippen LogP contribution >= 0.6 is 0 Å². The van der Waals surface area contributed by atoms with E-state index in [0.717, 1.165) is 6.42 Å². The number of hydrogen-bond donors (Lipinski definition) is 0. The third-order valence-electron chi connectivity index (χ3n) is 1.24. The van der Waals surface area contributed by atoms with Crippen LogP contribution in [0.1, 0.15) is 25.7 Å². The Morgan fingerprint density at radius 2 is 1.78 bits per heavy atom. The van der Waals surface area contributed by atoms with Gasteiger partial charge in [0.1, 0.15) is 0 Å². The van der Waals surface area contributed by atoms with Gasteiger partial charge in [-0.3, -0.25) is 6.08 Å². The van der Waals surface area contributed by atoms with Crippen LogP contribution in [0.25, 0.3) is 0 Å². The van der Waals surface area contributed by atoms with Gasteiger partial charge in [-0.15, -0.1) is 0 Å². The van der Waals surface area contributed by atoms with E-state index in [2.05, 4.69) is 24.3 Å². The van der Waals surface area contributed by atoms with Crippen LogP contribution in [0.4, 0.5) is 0 Å². The average molecular weight is 166 g/mol. The summed E-state index contributed by atoms with van der Waals surface area (Å²) in [6.45, 7) is 0. The summed E-state index contributed by atoms with van der Waals surface area (Å²) < 4.78 is 0. The van der Waals surface area contributed by atoms with E-state index in [1.54, 1.807) is 0 Å². The van der Waals surface area contributed by atoms with Crippen molar-refractivity contribution in [3.8, 4) is 0 Å². The summed E-state index contributed by atoms with van der Waals surface area (Å²) in [6, 6.07) is 0. The van der Waals surface area contributed by atoms with E-state index in [4.69, 9.17) is 0 Å². The topological polar surface area (TPSA) is 0 Å². The van der Waals surface area contributed by atoms with Gasteiger partial charge in [0.05, 0.1) is 0 Å². The molecule has 1 heteroatoms. The summed E-state index contributed by atoms with van der Waals surface area (Å²) in [6.07, 6.45) is 14.5. The van der Waals surface area contributed by atoms with Crippen molar-refractivity contribution in [1.29, 1.82) is 0 Å². The first-order valence-electron chi connectivity index (χ1n) is 3.20. The molecule has 54 valence electrons. The molecule has 0 spiro atoms. The molecular weight excluding hydrogens is 155 g/mol. The zero-order chi connectivity index (χ0) is 5.66. The van der Waals surface area contributed by atoms with Gasteiger partial charge in [-0.1, -0.05) is 25.0 Å². The number of allylic oxidation sites excluding steroid dienone is 4. The van der Waals surface area contributed by atoms with E-state index in [1.165, 1.54) is 19.3 Å². The van der Waals surface area contributed by atoms with Gasteiger partial charge in [-0.25, -0.2) is 0 Å². The minimum absolute atomic E-state index is 0. The number of hydrogen-bond acceptors (Lipinski definition) is 0.